The van der Waals surface area contributed by atoms with Crippen LogP contribution >= 0.6 is 0 Å². The molecule has 2 aromatic carbocycles. The lowest BCUT2D eigenvalue weighted by atomic mass is 10.0. The number of nitrogens with zero attached hydrogens (tertiary/aromatic N) is 1. The number of carbonyl (C=O) groups is 6. The monoisotopic (exact) mass is 755 g/mol. The molecule has 2 aromatic rings. The number of rotatable bonds is 17. The highest BCUT2D eigenvalue weighted by atomic mass is 16.7. The van der Waals surface area contributed by atoms with Gasteiger partial charge in [-0.1, -0.05) is 25.8 Å². The van der Waals surface area contributed by atoms with Crippen molar-refractivity contribution in [3.63, 3.8) is 0 Å². The predicted octanol–water partition coefficient (Wildman–Crippen LogP) is 3.59. The second-order valence-corrected chi connectivity index (χ2v) is 12.9. The minimum absolute atomic E-state index is 0.00945. The Labute approximate surface area is 311 Å². The van der Waals surface area contributed by atoms with Crippen LogP contribution in [0.5, 0.6) is 5.75 Å². The number of nitro groups is 1. The van der Waals surface area contributed by atoms with E-state index in [-0.39, 0.29) is 56.3 Å². The molecule has 0 aliphatic heterocycles. The molecule has 7 N–H and O–H groups in total. The highest BCUT2D eigenvalue weighted by Crippen LogP contribution is 2.21. The molecule has 0 bridgehead atoms. The van der Waals surface area contributed by atoms with Gasteiger partial charge in [-0.2, -0.15) is 0 Å². The molecule has 0 radical (unpaired) electrons. The third-order valence-electron chi connectivity index (χ3n) is 6.98. The largest absolute Gasteiger partial charge is 0.514 e. The van der Waals surface area contributed by atoms with Crippen molar-refractivity contribution < 1.29 is 52.6 Å². The Morgan fingerprint density at radius 3 is 2.17 bits per heavy atom. The Bertz CT molecular complexity index is 1700. The number of benzene rings is 2. The molecule has 0 saturated carbocycles. The van der Waals surface area contributed by atoms with Crippen LogP contribution in [-0.2, 0) is 37.0 Å². The smallest absolute Gasteiger partial charge is 0.445 e. The molecule has 0 aromatic heterocycles. The zero-order valence-corrected chi connectivity index (χ0v) is 30.5. The maximum absolute atomic E-state index is 13.6. The SMILES string of the molecule is C#CCNC(=O)OCc1cc(NC(=O)[C@H](CCCNC(N)=O)NC(=O)[C@@H](NC(=O)OC(C)(C)C)C(C)C)ccc1COC(=O)Oc1ccc([N+](=O)[O-])cc1. The van der Waals surface area contributed by atoms with Gasteiger partial charge in [0.15, 0.2) is 0 Å². The number of nitro benzene ring substituents is 1. The van der Waals surface area contributed by atoms with Crippen molar-refractivity contribution in [3.8, 4) is 18.1 Å². The van der Waals surface area contributed by atoms with Crippen molar-refractivity contribution in [3.05, 3.63) is 63.7 Å². The highest BCUT2D eigenvalue weighted by molar-refractivity contribution is 5.98. The summed E-state index contributed by atoms with van der Waals surface area (Å²) in [5.74, 6) is 0.481. The molecule has 0 aliphatic rings. The fourth-order valence-electron chi connectivity index (χ4n) is 4.44. The topological polar surface area (TPSA) is 269 Å². The first-order chi connectivity index (χ1) is 25.4. The molecule has 6 amide bonds. The van der Waals surface area contributed by atoms with Gasteiger partial charge in [0.2, 0.25) is 11.8 Å². The van der Waals surface area contributed by atoms with E-state index in [0.29, 0.717) is 11.1 Å². The van der Waals surface area contributed by atoms with Gasteiger partial charge in [0.1, 0.15) is 36.6 Å². The Balaban J connectivity index is 2.28. The first kappa shape index (κ1) is 43.6. The van der Waals surface area contributed by atoms with E-state index in [1.807, 2.05) is 0 Å². The molecule has 0 aliphatic carbocycles. The molecule has 292 valence electrons. The molecule has 0 heterocycles. The van der Waals surface area contributed by atoms with E-state index >= 15 is 0 Å². The van der Waals surface area contributed by atoms with E-state index in [2.05, 4.69) is 32.5 Å². The minimum Gasteiger partial charge on any atom is -0.445 e. The van der Waals surface area contributed by atoms with Crippen LogP contribution < -0.4 is 37.1 Å². The minimum atomic E-state index is -1.17. The van der Waals surface area contributed by atoms with Gasteiger partial charge in [0.25, 0.3) is 5.69 Å². The van der Waals surface area contributed by atoms with Crippen LogP contribution in [-0.4, -0.2) is 71.9 Å². The third-order valence-corrected chi connectivity index (χ3v) is 6.98. The fraction of sp³-hybridized carbons (Fsp3) is 0.429. The normalized spacial score (nSPS) is 11.8. The number of hydrogen-bond donors (Lipinski definition) is 6. The molecule has 19 nitrogen and oxygen atoms in total. The summed E-state index contributed by atoms with van der Waals surface area (Å²) in [4.78, 5) is 85.5. The van der Waals surface area contributed by atoms with Crippen molar-refractivity contribution in [2.45, 2.75) is 78.4 Å². The van der Waals surface area contributed by atoms with Crippen LogP contribution in [0.2, 0.25) is 0 Å². The Morgan fingerprint density at radius 2 is 1.57 bits per heavy atom. The van der Waals surface area contributed by atoms with E-state index in [9.17, 15) is 38.9 Å². The zero-order chi connectivity index (χ0) is 40.4. The van der Waals surface area contributed by atoms with Crippen LogP contribution in [0.1, 0.15) is 58.6 Å². The van der Waals surface area contributed by atoms with E-state index in [0.717, 1.165) is 12.1 Å². The highest BCUT2D eigenvalue weighted by Gasteiger charge is 2.30. The van der Waals surface area contributed by atoms with Crippen LogP contribution in [0.25, 0.3) is 0 Å². The lowest BCUT2D eigenvalue weighted by Crippen LogP contribution is -2.55. The number of carbonyl (C=O) groups excluding carboxylic acids is 6. The summed E-state index contributed by atoms with van der Waals surface area (Å²) in [6.45, 7) is 7.66. The summed E-state index contributed by atoms with van der Waals surface area (Å²) in [6.07, 6.45) is 2.64. The number of nitrogens with two attached hydrogens (primary N) is 1. The van der Waals surface area contributed by atoms with E-state index < -0.39 is 64.7 Å². The number of amides is 6. The summed E-state index contributed by atoms with van der Waals surface area (Å²) in [5, 5.41) is 23.5. The number of urea groups is 1. The average molecular weight is 756 g/mol. The van der Waals surface area contributed by atoms with Crippen molar-refractivity contribution in [2.75, 3.05) is 18.4 Å². The molecule has 19 heteroatoms. The number of non-ortho nitro benzene ring substituents is 1. The van der Waals surface area contributed by atoms with Gasteiger partial charge in [-0.15, -0.1) is 6.42 Å². The molecule has 2 rings (SSSR count). The lowest BCUT2D eigenvalue weighted by Gasteiger charge is -2.27. The number of ether oxygens (including phenoxy) is 4. The fourth-order valence-corrected chi connectivity index (χ4v) is 4.44. The van der Waals surface area contributed by atoms with Crippen LogP contribution in [0.15, 0.2) is 42.5 Å². The quantitative estimate of drug-likeness (QED) is 0.0257. The first-order valence-corrected chi connectivity index (χ1v) is 16.6. The molecular weight excluding hydrogens is 710 g/mol. The molecule has 0 spiro atoms. The zero-order valence-electron chi connectivity index (χ0n) is 30.5. The first-order valence-electron chi connectivity index (χ1n) is 16.6. The summed E-state index contributed by atoms with van der Waals surface area (Å²) < 4.78 is 20.8. The van der Waals surface area contributed by atoms with Crippen molar-refractivity contribution in [2.24, 2.45) is 11.7 Å². The molecule has 0 fully saturated rings. The van der Waals surface area contributed by atoms with E-state index in [1.165, 1.54) is 30.3 Å². The van der Waals surface area contributed by atoms with Crippen molar-refractivity contribution in [1.29, 1.82) is 0 Å². The molecule has 2 atom stereocenters. The number of hydrogen-bond acceptors (Lipinski definition) is 12. The predicted molar refractivity (Wildman–Crippen MR) is 193 cm³/mol. The van der Waals surface area contributed by atoms with Gasteiger partial charge in [-0.05, 0) is 74.9 Å². The molecular formula is C35H45N7O12. The van der Waals surface area contributed by atoms with Gasteiger partial charge in [-0.3, -0.25) is 19.7 Å². The maximum atomic E-state index is 13.6. The summed E-state index contributed by atoms with van der Waals surface area (Å²) in [6, 6.07) is 6.11. The van der Waals surface area contributed by atoms with Crippen LogP contribution in [0.4, 0.5) is 30.6 Å². The Kier molecular flexibility index (Phi) is 17.0. The van der Waals surface area contributed by atoms with E-state index in [4.69, 9.17) is 31.1 Å². The Morgan fingerprint density at radius 1 is 0.907 bits per heavy atom. The number of nitrogens with one attached hydrogen (secondary N) is 5. The van der Waals surface area contributed by atoms with Gasteiger partial charge >= 0.3 is 24.4 Å². The summed E-state index contributed by atoms with van der Waals surface area (Å²) >= 11 is 0. The molecule has 0 unspecified atom stereocenters. The van der Waals surface area contributed by atoms with Gasteiger partial charge < -0.3 is 51.3 Å². The lowest BCUT2D eigenvalue weighted by molar-refractivity contribution is -0.384. The summed E-state index contributed by atoms with van der Waals surface area (Å²) in [7, 11) is 0. The number of anilines is 1. The van der Waals surface area contributed by atoms with Gasteiger partial charge in [0, 0.05) is 24.4 Å². The summed E-state index contributed by atoms with van der Waals surface area (Å²) in [5.41, 5.74) is 4.94. The second-order valence-electron chi connectivity index (χ2n) is 12.9. The van der Waals surface area contributed by atoms with Crippen molar-refractivity contribution >= 4 is 47.6 Å². The van der Waals surface area contributed by atoms with Crippen molar-refractivity contribution in [1.82, 2.24) is 21.3 Å². The second kappa shape index (κ2) is 21.1. The number of primary amides is 1. The molecule has 54 heavy (non-hydrogen) atoms. The third kappa shape index (κ3) is 16.2. The molecule has 0 saturated heterocycles. The number of terminal acetylenes is 1. The maximum Gasteiger partial charge on any atom is 0.514 e. The average Bonchev–Trinajstić information content (AvgIpc) is 3.08. The standard InChI is InChI=1S/C35H45N7O12/c1-7-16-38-32(46)51-20-23-18-24(11-10-22(23)19-52-34(48)53-26-14-12-25(13-15-26)42(49)50)39-29(43)27(9-8-17-37-31(36)45)40-30(44)28(21(2)3)41-33(47)54-35(4,5)6/h1,10-15,18,21,27-28H,8-9,16-17,19-20H2,2-6H3,(H,38,46)(H,39,43)(H,40,44)(H,41,47)(H3,36,37,45)/t27-,28-/m0/s1. The van der Waals surface area contributed by atoms with Gasteiger partial charge in [0.05, 0.1) is 11.5 Å². The van der Waals surface area contributed by atoms with Crippen LogP contribution in [0.3, 0.4) is 0 Å². The Hall–Kier alpha value is -6.58. The van der Waals surface area contributed by atoms with Crippen LogP contribution in [0, 0.1) is 28.4 Å². The van der Waals surface area contributed by atoms with E-state index in [1.54, 1.807) is 34.6 Å². The number of alkyl carbamates (subject to hydrolysis) is 2. The van der Waals surface area contributed by atoms with Gasteiger partial charge in [-0.25, -0.2) is 19.2 Å².